The van der Waals surface area contributed by atoms with Crippen molar-refractivity contribution in [1.82, 2.24) is 0 Å². The molecule has 0 N–H and O–H groups in total. The van der Waals surface area contributed by atoms with Crippen molar-refractivity contribution in [2.24, 2.45) is 4.99 Å². The van der Waals surface area contributed by atoms with Gasteiger partial charge in [-0.25, -0.2) is 4.79 Å². The highest BCUT2D eigenvalue weighted by molar-refractivity contribution is 6.33. The van der Waals surface area contributed by atoms with Crippen molar-refractivity contribution >= 4 is 24.0 Å². The largest absolute Gasteiger partial charge is 0.453 e. The first kappa shape index (κ1) is 11.3. The number of halogens is 1. The molecule has 1 heterocycles. The van der Waals surface area contributed by atoms with Crippen LogP contribution in [-0.4, -0.2) is 19.2 Å². The molecule has 2 aliphatic rings. The van der Waals surface area contributed by atoms with Crippen molar-refractivity contribution < 1.29 is 19.1 Å². The number of ether oxygens (including phenoxy) is 2. The van der Waals surface area contributed by atoms with E-state index in [-0.39, 0.29) is 17.4 Å². The number of benzene rings is 1. The molecule has 0 bridgehead atoms. The van der Waals surface area contributed by atoms with Crippen molar-refractivity contribution in [3.05, 3.63) is 22.2 Å². The van der Waals surface area contributed by atoms with Gasteiger partial charge in [0.25, 0.3) is 0 Å². The van der Waals surface area contributed by atoms with Crippen molar-refractivity contribution in [2.45, 2.75) is 18.4 Å². The Bertz CT molecular complexity index is 588. The highest BCUT2D eigenvalue weighted by atomic mass is 35.5. The van der Waals surface area contributed by atoms with Crippen LogP contribution in [0.25, 0.3) is 0 Å². The number of aliphatic imine (C=N–C) groups is 1. The Morgan fingerprint density at radius 3 is 2.72 bits per heavy atom. The minimum Gasteiger partial charge on any atom is -0.453 e. The van der Waals surface area contributed by atoms with E-state index >= 15 is 0 Å². The second kappa shape index (κ2) is 3.83. The van der Waals surface area contributed by atoms with E-state index in [4.69, 9.17) is 21.1 Å². The van der Waals surface area contributed by atoms with Gasteiger partial charge in [0.2, 0.25) is 12.9 Å². The van der Waals surface area contributed by atoms with Gasteiger partial charge in [-0.3, -0.25) is 4.79 Å². The zero-order valence-corrected chi connectivity index (χ0v) is 9.99. The third-order valence-corrected chi connectivity index (χ3v) is 3.55. The Morgan fingerprint density at radius 1 is 1.39 bits per heavy atom. The van der Waals surface area contributed by atoms with Crippen molar-refractivity contribution in [2.75, 3.05) is 6.79 Å². The quantitative estimate of drug-likeness (QED) is 0.477. The molecule has 1 aromatic rings. The fraction of sp³-hybridized carbons (Fsp3) is 0.333. The van der Waals surface area contributed by atoms with Gasteiger partial charge < -0.3 is 9.47 Å². The zero-order chi connectivity index (χ0) is 12.8. The molecule has 3 rings (SSSR count). The molecule has 5 nitrogen and oxygen atoms in total. The van der Waals surface area contributed by atoms with Gasteiger partial charge in [-0.15, -0.1) is 0 Å². The molecule has 0 aromatic heterocycles. The van der Waals surface area contributed by atoms with E-state index in [9.17, 15) is 9.59 Å². The minimum absolute atomic E-state index is 0.0321. The second-order valence-electron chi connectivity index (χ2n) is 4.24. The van der Waals surface area contributed by atoms with Crippen molar-refractivity contribution in [1.29, 1.82) is 0 Å². The maximum atomic E-state index is 11.0. The lowest BCUT2D eigenvalue weighted by Crippen LogP contribution is -2.05. The summed E-state index contributed by atoms with van der Waals surface area (Å²) in [5, 5.41) is 0.275. The van der Waals surface area contributed by atoms with Crippen LogP contribution >= 0.6 is 11.6 Å². The van der Waals surface area contributed by atoms with Crippen LogP contribution < -0.4 is 9.47 Å². The van der Waals surface area contributed by atoms with Gasteiger partial charge in [0.1, 0.15) is 5.54 Å². The van der Waals surface area contributed by atoms with Crippen molar-refractivity contribution in [3.8, 4) is 11.5 Å². The van der Waals surface area contributed by atoms with Crippen LogP contribution in [0.5, 0.6) is 11.5 Å². The van der Waals surface area contributed by atoms with Gasteiger partial charge in [-0.05, 0) is 18.9 Å². The lowest BCUT2D eigenvalue weighted by atomic mass is 10.0. The summed E-state index contributed by atoms with van der Waals surface area (Å²) >= 11 is 6.04. The summed E-state index contributed by atoms with van der Waals surface area (Å²) in [5.74, 6) is 0.790. The summed E-state index contributed by atoms with van der Waals surface area (Å²) in [4.78, 5) is 25.3. The van der Waals surface area contributed by atoms with Crippen LogP contribution in [0.1, 0.15) is 28.8 Å². The number of nitrogens with zero attached hydrogens (tertiary/aromatic N) is 1. The Labute approximate surface area is 107 Å². The fourth-order valence-corrected chi connectivity index (χ4v) is 2.40. The maximum absolute atomic E-state index is 11.0. The monoisotopic (exact) mass is 265 g/mol. The van der Waals surface area contributed by atoms with Gasteiger partial charge >= 0.3 is 0 Å². The molecule has 0 radical (unpaired) electrons. The molecule has 0 saturated heterocycles. The van der Waals surface area contributed by atoms with Gasteiger partial charge in [0.15, 0.2) is 17.8 Å². The molecular formula is C12H8ClNO4. The minimum atomic E-state index is -0.607. The Morgan fingerprint density at radius 2 is 2.11 bits per heavy atom. The number of carbonyl (C=O) groups is 1. The molecule has 1 fully saturated rings. The predicted molar refractivity (Wildman–Crippen MR) is 62.0 cm³/mol. The van der Waals surface area contributed by atoms with Gasteiger partial charge in [0, 0.05) is 5.56 Å². The summed E-state index contributed by atoms with van der Waals surface area (Å²) in [6.45, 7) is 0.0321. The predicted octanol–water partition coefficient (Wildman–Crippen LogP) is 2.21. The number of carbonyl (C=O) groups excluding carboxylic acids is 2. The summed E-state index contributed by atoms with van der Waals surface area (Å²) in [5.41, 5.74) is 0.345. The molecule has 1 aliphatic heterocycles. The Balaban J connectivity index is 2.23. The normalized spacial score (nSPS) is 18.1. The number of fused-ring (bicyclic) bond motifs is 1. The first-order valence-electron chi connectivity index (χ1n) is 5.38. The first-order valence-corrected chi connectivity index (χ1v) is 5.76. The van der Waals surface area contributed by atoms with Gasteiger partial charge in [-0.2, -0.15) is 4.99 Å². The van der Waals surface area contributed by atoms with Crippen LogP contribution in [0.3, 0.4) is 0 Å². The van der Waals surface area contributed by atoms with E-state index in [0.717, 1.165) is 12.8 Å². The lowest BCUT2D eigenvalue weighted by molar-refractivity contribution is 0.111. The van der Waals surface area contributed by atoms with E-state index in [2.05, 4.69) is 4.99 Å². The molecule has 92 valence electrons. The van der Waals surface area contributed by atoms with E-state index in [1.54, 1.807) is 12.1 Å². The molecule has 18 heavy (non-hydrogen) atoms. The molecule has 0 spiro atoms. The topological polar surface area (TPSA) is 65.0 Å². The van der Waals surface area contributed by atoms with Crippen LogP contribution in [0.2, 0.25) is 5.02 Å². The second-order valence-corrected chi connectivity index (χ2v) is 4.64. The van der Waals surface area contributed by atoms with Crippen LogP contribution in [0.15, 0.2) is 11.1 Å². The molecule has 0 unspecified atom stereocenters. The number of hydrogen-bond donors (Lipinski definition) is 0. The summed E-state index contributed by atoms with van der Waals surface area (Å²) in [7, 11) is 0. The Hall–Kier alpha value is -1.84. The highest BCUT2D eigenvalue weighted by Gasteiger charge is 2.49. The van der Waals surface area contributed by atoms with Crippen LogP contribution in [-0.2, 0) is 10.3 Å². The SMILES string of the molecule is O=C=NC1(c2cc(Cl)c(C=O)c3c2OCO3)CC1. The smallest absolute Gasteiger partial charge is 0.235 e. The van der Waals surface area contributed by atoms with Gasteiger partial charge in [0.05, 0.1) is 10.6 Å². The molecule has 0 atom stereocenters. The zero-order valence-electron chi connectivity index (χ0n) is 9.23. The maximum Gasteiger partial charge on any atom is 0.235 e. The molecular weight excluding hydrogens is 258 g/mol. The molecule has 6 heteroatoms. The van der Waals surface area contributed by atoms with Gasteiger partial charge in [-0.1, -0.05) is 11.6 Å². The lowest BCUT2D eigenvalue weighted by Gasteiger charge is -2.13. The summed E-state index contributed by atoms with van der Waals surface area (Å²) in [6, 6.07) is 1.62. The first-order chi connectivity index (χ1) is 8.72. The third kappa shape index (κ3) is 1.45. The average Bonchev–Trinajstić information content (AvgIpc) is 2.97. The standard InChI is InChI=1S/C12H8ClNO4/c13-9-3-8(12(1-2-12)14-5-16)11-10(7(9)4-15)17-6-18-11/h3-4H,1-2,6H2. The Kier molecular flexibility index (Phi) is 2.40. The molecule has 1 saturated carbocycles. The average molecular weight is 266 g/mol. The fourth-order valence-electron chi connectivity index (χ4n) is 2.16. The number of isocyanates is 1. The molecule has 1 aliphatic carbocycles. The van der Waals surface area contributed by atoms with E-state index in [1.807, 2.05) is 0 Å². The molecule has 0 amide bonds. The van der Waals surface area contributed by atoms with Crippen molar-refractivity contribution in [3.63, 3.8) is 0 Å². The summed E-state index contributed by atoms with van der Waals surface area (Å²) in [6.07, 6.45) is 3.66. The summed E-state index contributed by atoms with van der Waals surface area (Å²) < 4.78 is 10.6. The highest BCUT2D eigenvalue weighted by Crippen LogP contribution is 2.56. The van der Waals surface area contributed by atoms with E-state index in [0.29, 0.717) is 23.3 Å². The van der Waals surface area contributed by atoms with E-state index < -0.39 is 5.54 Å². The van der Waals surface area contributed by atoms with Crippen LogP contribution in [0, 0.1) is 0 Å². The van der Waals surface area contributed by atoms with Crippen LogP contribution in [0.4, 0.5) is 0 Å². The van der Waals surface area contributed by atoms with E-state index in [1.165, 1.54) is 0 Å². The third-order valence-electron chi connectivity index (χ3n) is 3.23. The number of aldehydes is 1. The number of hydrogen-bond acceptors (Lipinski definition) is 5. The molecule has 1 aromatic carbocycles. The number of rotatable bonds is 3.